The predicted octanol–water partition coefficient (Wildman–Crippen LogP) is 0.984. The molecule has 0 aromatic carbocycles. The first-order valence-electron chi connectivity index (χ1n) is 6.55. The summed E-state index contributed by atoms with van der Waals surface area (Å²) in [5.41, 5.74) is 5.73. The number of aromatic amines is 1. The molecule has 1 aliphatic rings. The first-order chi connectivity index (χ1) is 9.43. The van der Waals surface area contributed by atoms with Crippen molar-refractivity contribution in [3.05, 3.63) is 22.1 Å². The largest absolute Gasteiger partial charge is 0.468 e. The van der Waals surface area contributed by atoms with E-state index in [1.807, 2.05) is 0 Å². The second-order valence-electron chi connectivity index (χ2n) is 5.18. The molecule has 1 aromatic rings. The maximum Gasteiger partial charge on any atom is 0.325 e. The third-order valence-corrected chi connectivity index (χ3v) is 4.61. The van der Waals surface area contributed by atoms with E-state index < -0.39 is 5.54 Å². The quantitative estimate of drug-likeness (QED) is 0.637. The highest BCUT2D eigenvalue weighted by Crippen LogP contribution is 2.36. The summed E-state index contributed by atoms with van der Waals surface area (Å²) in [5.74, 6) is -0.367. The summed E-state index contributed by atoms with van der Waals surface area (Å²) in [6.07, 6.45) is 2.97. The Morgan fingerprint density at radius 1 is 1.65 bits per heavy atom. The van der Waals surface area contributed by atoms with Gasteiger partial charge >= 0.3 is 5.97 Å². The minimum Gasteiger partial charge on any atom is -0.468 e. The lowest BCUT2D eigenvalue weighted by molar-refractivity contribution is -0.148. The van der Waals surface area contributed by atoms with Crippen LogP contribution in [0.15, 0.2) is 16.0 Å². The van der Waals surface area contributed by atoms with Gasteiger partial charge in [-0.05, 0) is 32.6 Å². The van der Waals surface area contributed by atoms with Crippen molar-refractivity contribution in [1.82, 2.24) is 9.97 Å². The fraction of sp³-hybridized carbons (Fsp3) is 0.615. The Kier molecular flexibility index (Phi) is 4.49. The van der Waals surface area contributed by atoms with Crippen molar-refractivity contribution in [3.8, 4) is 0 Å². The number of hydrogen-bond donors (Lipinski definition) is 2. The third kappa shape index (κ3) is 3.40. The van der Waals surface area contributed by atoms with E-state index in [4.69, 9.17) is 10.5 Å². The summed E-state index contributed by atoms with van der Waals surface area (Å²) < 4.78 is 4.78. The van der Waals surface area contributed by atoms with Crippen molar-refractivity contribution < 1.29 is 9.53 Å². The molecule has 110 valence electrons. The predicted molar refractivity (Wildman–Crippen MR) is 76.6 cm³/mol. The third-order valence-electron chi connectivity index (χ3n) is 3.46. The molecule has 0 amide bonds. The normalized spacial score (nSPS) is 26.2. The number of carbonyl (C=O) groups excluding carboxylic acids is 1. The molecule has 0 bridgehead atoms. The van der Waals surface area contributed by atoms with E-state index in [9.17, 15) is 9.59 Å². The van der Waals surface area contributed by atoms with Crippen molar-refractivity contribution in [1.29, 1.82) is 0 Å². The fourth-order valence-corrected chi connectivity index (χ4v) is 3.85. The number of nitrogens with zero attached hydrogens (tertiary/aromatic N) is 1. The van der Waals surface area contributed by atoms with Crippen LogP contribution in [0.4, 0.5) is 0 Å². The van der Waals surface area contributed by atoms with E-state index in [1.54, 1.807) is 6.92 Å². The Hall–Kier alpha value is -1.34. The van der Waals surface area contributed by atoms with Crippen LogP contribution in [0.5, 0.6) is 0 Å². The van der Waals surface area contributed by atoms with E-state index in [0.717, 1.165) is 12.8 Å². The zero-order valence-corrected chi connectivity index (χ0v) is 12.5. The zero-order chi connectivity index (χ0) is 14.8. The molecule has 3 N–H and O–H groups in total. The number of aryl methyl sites for hydroxylation is 1. The second-order valence-corrected chi connectivity index (χ2v) is 6.46. The molecule has 1 heterocycles. The van der Waals surface area contributed by atoms with Gasteiger partial charge in [0.2, 0.25) is 0 Å². The van der Waals surface area contributed by atoms with E-state index in [2.05, 4.69) is 9.97 Å². The van der Waals surface area contributed by atoms with Crippen molar-refractivity contribution in [2.24, 2.45) is 5.73 Å². The number of nitrogens with two attached hydrogens (primary N) is 1. The van der Waals surface area contributed by atoms with Crippen molar-refractivity contribution >= 4 is 17.7 Å². The minimum absolute atomic E-state index is 0.151. The van der Waals surface area contributed by atoms with E-state index in [0.29, 0.717) is 23.7 Å². The summed E-state index contributed by atoms with van der Waals surface area (Å²) in [6, 6.07) is 1.45. The number of rotatable bonds is 3. The van der Waals surface area contributed by atoms with Crippen LogP contribution in [0.3, 0.4) is 0 Å². The Balaban J connectivity index is 2.10. The summed E-state index contributed by atoms with van der Waals surface area (Å²) in [5, 5.41) is 0.729. The van der Waals surface area contributed by atoms with Gasteiger partial charge in [0, 0.05) is 17.0 Å². The zero-order valence-electron chi connectivity index (χ0n) is 11.6. The Labute approximate surface area is 121 Å². The lowest BCUT2D eigenvalue weighted by Gasteiger charge is -2.34. The van der Waals surface area contributed by atoms with Crippen LogP contribution < -0.4 is 11.3 Å². The van der Waals surface area contributed by atoms with Crippen molar-refractivity contribution in [2.45, 2.75) is 48.6 Å². The maximum atomic E-state index is 11.8. The number of hydrogen-bond acceptors (Lipinski definition) is 6. The molecule has 0 radical (unpaired) electrons. The van der Waals surface area contributed by atoms with Gasteiger partial charge in [0.1, 0.15) is 5.54 Å². The van der Waals surface area contributed by atoms with Gasteiger partial charge < -0.3 is 15.5 Å². The summed E-state index contributed by atoms with van der Waals surface area (Å²) in [4.78, 5) is 30.2. The minimum atomic E-state index is -0.922. The van der Waals surface area contributed by atoms with Crippen LogP contribution in [0.1, 0.15) is 31.4 Å². The molecule has 1 fully saturated rings. The maximum absolute atomic E-state index is 11.8. The summed E-state index contributed by atoms with van der Waals surface area (Å²) >= 11 is 1.47. The van der Waals surface area contributed by atoms with E-state index in [-0.39, 0.29) is 16.8 Å². The van der Waals surface area contributed by atoms with Crippen LogP contribution in [-0.2, 0) is 9.53 Å². The van der Waals surface area contributed by atoms with Crippen LogP contribution in [0.25, 0.3) is 0 Å². The van der Waals surface area contributed by atoms with Crippen LogP contribution in [-0.4, -0.2) is 33.8 Å². The van der Waals surface area contributed by atoms with Crippen LogP contribution >= 0.6 is 11.8 Å². The van der Waals surface area contributed by atoms with E-state index >= 15 is 0 Å². The molecular weight excluding hydrogens is 278 g/mol. The molecular formula is C13H19N3O3S. The van der Waals surface area contributed by atoms with Crippen LogP contribution in [0, 0.1) is 6.92 Å². The molecule has 0 aliphatic heterocycles. The van der Waals surface area contributed by atoms with Gasteiger partial charge in [-0.3, -0.25) is 9.59 Å². The first-order valence-corrected chi connectivity index (χ1v) is 7.43. The number of carbonyl (C=O) groups is 1. The molecule has 1 aromatic heterocycles. The summed E-state index contributed by atoms with van der Waals surface area (Å²) in [7, 11) is 1.35. The number of esters is 1. The average Bonchev–Trinajstić information content (AvgIpc) is 2.36. The molecule has 1 saturated carbocycles. The van der Waals surface area contributed by atoms with Gasteiger partial charge in [0.05, 0.1) is 7.11 Å². The molecule has 6 nitrogen and oxygen atoms in total. The van der Waals surface area contributed by atoms with Gasteiger partial charge in [0.15, 0.2) is 5.16 Å². The highest BCUT2D eigenvalue weighted by molar-refractivity contribution is 7.99. The Bertz CT molecular complexity index is 560. The lowest BCUT2D eigenvalue weighted by Crippen LogP contribution is -2.52. The van der Waals surface area contributed by atoms with E-state index in [1.165, 1.54) is 24.9 Å². The average molecular weight is 297 g/mol. The smallest absolute Gasteiger partial charge is 0.325 e. The van der Waals surface area contributed by atoms with Gasteiger partial charge in [-0.2, -0.15) is 0 Å². The highest BCUT2D eigenvalue weighted by atomic mass is 32.2. The Morgan fingerprint density at radius 2 is 2.40 bits per heavy atom. The number of aromatic nitrogens is 2. The lowest BCUT2D eigenvalue weighted by atomic mass is 9.82. The molecule has 0 saturated heterocycles. The number of thioether (sulfide) groups is 1. The van der Waals surface area contributed by atoms with Gasteiger partial charge in [0.25, 0.3) is 5.56 Å². The molecule has 1 aliphatic carbocycles. The molecule has 2 atom stereocenters. The van der Waals surface area contributed by atoms with Crippen molar-refractivity contribution in [2.75, 3.05) is 7.11 Å². The molecule has 20 heavy (non-hydrogen) atoms. The SMILES string of the molecule is COC(=O)C1(N)CCCC(Sc2nc(C)cc(=O)[nH]2)C1. The van der Waals surface area contributed by atoms with Gasteiger partial charge in [-0.25, -0.2) is 4.98 Å². The second kappa shape index (κ2) is 5.97. The number of H-pyrrole nitrogens is 1. The number of methoxy groups -OCH3 is 1. The van der Waals surface area contributed by atoms with Crippen LogP contribution in [0.2, 0.25) is 0 Å². The van der Waals surface area contributed by atoms with Crippen molar-refractivity contribution in [3.63, 3.8) is 0 Å². The fourth-order valence-electron chi connectivity index (χ4n) is 2.51. The molecule has 2 rings (SSSR count). The number of nitrogens with one attached hydrogen (secondary N) is 1. The topological polar surface area (TPSA) is 98.1 Å². The first kappa shape index (κ1) is 15.1. The van der Waals surface area contributed by atoms with Gasteiger partial charge in [-0.1, -0.05) is 11.8 Å². The molecule has 7 heteroatoms. The molecule has 0 spiro atoms. The highest BCUT2D eigenvalue weighted by Gasteiger charge is 2.40. The monoisotopic (exact) mass is 297 g/mol. The number of ether oxygens (including phenoxy) is 1. The standard InChI is InChI=1S/C13H19N3O3S/c1-8-6-10(17)16-12(15-8)20-9-4-3-5-13(14,7-9)11(18)19-2/h6,9H,3-5,7,14H2,1-2H3,(H,15,16,17). The molecule has 2 unspecified atom stereocenters. The summed E-state index contributed by atoms with van der Waals surface area (Å²) in [6.45, 7) is 1.78. The Morgan fingerprint density at radius 3 is 3.05 bits per heavy atom. The van der Waals surface area contributed by atoms with Gasteiger partial charge in [-0.15, -0.1) is 0 Å².